The van der Waals surface area contributed by atoms with Gasteiger partial charge in [-0.15, -0.1) is 6.58 Å². The van der Waals surface area contributed by atoms with Gasteiger partial charge in [-0.1, -0.05) is 66.7 Å². The molecule has 0 amide bonds. The Kier molecular flexibility index (Phi) is 12.3. The van der Waals surface area contributed by atoms with E-state index < -0.39 is 42.6 Å². The van der Waals surface area contributed by atoms with Crippen LogP contribution < -0.4 is 4.74 Å². The van der Waals surface area contributed by atoms with Crippen LogP contribution in [0.3, 0.4) is 0 Å². The predicted octanol–water partition coefficient (Wildman–Crippen LogP) is 5.27. The topological polar surface area (TPSA) is 98.8 Å². The molecular formula is C34H38O9. The maximum Gasteiger partial charge on any atom is 0.338 e. The first-order chi connectivity index (χ1) is 21.0. The van der Waals surface area contributed by atoms with E-state index in [-0.39, 0.29) is 19.8 Å². The van der Waals surface area contributed by atoms with Crippen LogP contribution in [-0.4, -0.2) is 63.5 Å². The third kappa shape index (κ3) is 8.98. The number of hydrogen-bond donors (Lipinski definition) is 0. The molecule has 1 saturated heterocycles. The lowest BCUT2D eigenvalue weighted by Gasteiger charge is -2.44. The summed E-state index contributed by atoms with van der Waals surface area (Å²) < 4.78 is 41.4. The Labute approximate surface area is 252 Å². The number of benzene rings is 3. The number of esters is 2. The lowest BCUT2D eigenvalue weighted by Crippen LogP contribution is -2.63. The van der Waals surface area contributed by atoms with E-state index in [4.69, 9.17) is 33.2 Å². The summed E-state index contributed by atoms with van der Waals surface area (Å²) in [4.78, 5) is 26.4. The van der Waals surface area contributed by atoms with Gasteiger partial charge in [0.05, 0.1) is 39.6 Å². The summed E-state index contributed by atoms with van der Waals surface area (Å²) in [6.45, 7) is 4.29. The Morgan fingerprint density at radius 2 is 1.42 bits per heavy atom. The molecule has 9 heteroatoms. The first-order valence-corrected chi connectivity index (χ1v) is 14.2. The molecule has 3 aromatic carbocycles. The van der Waals surface area contributed by atoms with Crippen molar-refractivity contribution < 1.29 is 42.7 Å². The van der Waals surface area contributed by atoms with E-state index in [0.29, 0.717) is 24.2 Å². The van der Waals surface area contributed by atoms with Crippen molar-refractivity contribution in [3.8, 4) is 5.75 Å². The molecular weight excluding hydrogens is 552 g/mol. The minimum atomic E-state index is -1.22. The smallest absolute Gasteiger partial charge is 0.338 e. The maximum absolute atomic E-state index is 13.3. The SMILES string of the molecule is C=CCCCO[C@@H]1O[C@H](C(=O)OC)[C@@H](OCc2ccc(OC)cc2)[C@H](OCc2ccccc2)[C@H]1OC(=O)c1ccccc1. The van der Waals surface area contributed by atoms with Crippen molar-refractivity contribution in [2.45, 2.75) is 56.8 Å². The second-order valence-electron chi connectivity index (χ2n) is 9.87. The number of unbranched alkanes of at least 4 members (excludes halogenated alkanes) is 1. The number of hydrogen-bond acceptors (Lipinski definition) is 9. The van der Waals surface area contributed by atoms with Crippen molar-refractivity contribution in [1.29, 1.82) is 0 Å². The van der Waals surface area contributed by atoms with E-state index >= 15 is 0 Å². The van der Waals surface area contributed by atoms with Crippen molar-refractivity contribution in [3.05, 3.63) is 114 Å². The molecule has 1 aliphatic rings. The van der Waals surface area contributed by atoms with Gasteiger partial charge in [-0.05, 0) is 48.2 Å². The largest absolute Gasteiger partial charge is 0.497 e. The molecule has 5 atom stereocenters. The monoisotopic (exact) mass is 590 g/mol. The summed E-state index contributed by atoms with van der Waals surface area (Å²) in [6.07, 6.45) is -2.27. The van der Waals surface area contributed by atoms with Crippen LogP contribution in [0.4, 0.5) is 0 Å². The fourth-order valence-corrected chi connectivity index (χ4v) is 4.62. The van der Waals surface area contributed by atoms with Crippen molar-refractivity contribution in [1.82, 2.24) is 0 Å². The van der Waals surface area contributed by atoms with E-state index in [2.05, 4.69) is 6.58 Å². The van der Waals surface area contributed by atoms with Crippen LogP contribution in [0, 0.1) is 0 Å². The van der Waals surface area contributed by atoms with E-state index in [1.807, 2.05) is 60.7 Å². The second kappa shape index (κ2) is 16.6. The Morgan fingerprint density at radius 3 is 2.05 bits per heavy atom. The van der Waals surface area contributed by atoms with Crippen LogP contribution >= 0.6 is 0 Å². The molecule has 228 valence electrons. The zero-order valence-electron chi connectivity index (χ0n) is 24.5. The molecule has 3 aromatic rings. The van der Waals surface area contributed by atoms with Crippen LogP contribution in [0.25, 0.3) is 0 Å². The van der Waals surface area contributed by atoms with Crippen molar-refractivity contribution in [2.24, 2.45) is 0 Å². The van der Waals surface area contributed by atoms with Gasteiger partial charge < -0.3 is 33.2 Å². The van der Waals surface area contributed by atoms with Gasteiger partial charge in [-0.25, -0.2) is 9.59 Å². The van der Waals surface area contributed by atoms with Crippen LogP contribution in [0.5, 0.6) is 5.75 Å². The summed E-state index contributed by atoms with van der Waals surface area (Å²) in [5.41, 5.74) is 2.06. The molecule has 43 heavy (non-hydrogen) atoms. The van der Waals surface area contributed by atoms with Gasteiger partial charge in [0.25, 0.3) is 0 Å². The first kappa shape index (κ1) is 31.9. The molecule has 1 heterocycles. The van der Waals surface area contributed by atoms with Crippen LogP contribution in [0.2, 0.25) is 0 Å². The molecule has 0 bridgehead atoms. The van der Waals surface area contributed by atoms with Gasteiger partial charge in [-0.3, -0.25) is 0 Å². The molecule has 0 saturated carbocycles. The average Bonchev–Trinajstić information content (AvgIpc) is 3.06. The lowest BCUT2D eigenvalue weighted by molar-refractivity contribution is -0.309. The minimum absolute atomic E-state index is 0.112. The summed E-state index contributed by atoms with van der Waals surface area (Å²) in [7, 11) is 2.86. The number of ether oxygens (including phenoxy) is 7. The highest BCUT2D eigenvalue weighted by Gasteiger charge is 2.53. The van der Waals surface area contributed by atoms with E-state index in [1.54, 1.807) is 37.5 Å². The fraction of sp³-hybridized carbons (Fsp3) is 0.353. The predicted molar refractivity (Wildman–Crippen MR) is 158 cm³/mol. The molecule has 0 N–H and O–H groups in total. The Bertz CT molecular complexity index is 1280. The van der Waals surface area contributed by atoms with E-state index in [0.717, 1.165) is 11.1 Å². The lowest BCUT2D eigenvalue weighted by atomic mass is 9.97. The molecule has 9 nitrogen and oxygen atoms in total. The maximum atomic E-state index is 13.3. The van der Waals surface area contributed by atoms with Gasteiger partial charge in [0, 0.05) is 0 Å². The third-order valence-corrected chi connectivity index (χ3v) is 6.90. The van der Waals surface area contributed by atoms with Gasteiger partial charge in [0.2, 0.25) is 0 Å². The highest BCUT2D eigenvalue weighted by Crippen LogP contribution is 2.32. The highest BCUT2D eigenvalue weighted by atomic mass is 16.7. The molecule has 1 aliphatic heterocycles. The van der Waals surface area contributed by atoms with Crippen molar-refractivity contribution in [2.75, 3.05) is 20.8 Å². The minimum Gasteiger partial charge on any atom is -0.497 e. The molecule has 0 spiro atoms. The summed E-state index contributed by atoms with van der Waals surface area (Å²) in [5.74, 6) is -0.557. The Hall–Kier alpha value is -4.02. The van der Waals surface area contributed by atoms with Gasteiger partial charge in [0.1, 0.15) is 18.0 Å². The standard InChI is InChI=1S/C34H38O9/c1-4-5-12-21-39-34-31(42-32(35)26-15-10-7-11-16-26)29(41-22-24-13-8-6-9-14-24)28(30(43-34)33(36)38-3)40-23-25-17-19-27(37-2)20-18-25/h4,6-11,13-20,28-31,34H,1,5,12,21-23H2,2-3H3/t28-,29-,30-,31+,34+/m0/s1. The van der Waals surface area contributed by atoms with Gasteiger partial charge >= 0.3 is 11.9 Å². The highest BCUT2D eigenvalue weighted by molar-refractivity contribution is 5.89. The number of methoxy groups -OCH3 is 2. The zero-order valence-corrected chi connectivity index (χ0v) is 24.5. The zero-order chi connectivity index (χ0) is 30.4. The number of rotatable bonds is 15. The fourth-order valence-electron chi connectivity index (χ4n) is 4.62. The van der Waals surface area contributed by atoms with E-state index in [9.17, 15) is 9.59 Å². The molecule has 0 aromatic heterocycles. The normalized spacial score (nSPS) is 21.5. The summed E-state index contributed by atoms with van der Waals surface area (Å²) in [5, 5.41) is 0. The first-order valence-electron chi connectivity index (χ1n) is 14.2. The summed E-state index contributed by atoms with van der Waals surface area (Å²) >= 11 is 0. The number of carbonyl (C=O) groups is 2. The Balaban J connectivity index is 1.68. The third-order valence-electron chi connectivity index (χ3n) is 6.90. The molecule has 4 rings (SSSR count). The van der Waals surface area contributed by atoms with Crippen LogP contribution in [0.15, 0.2) is 97.6 Å². The summed E-state index contributed by atoms with van der Waals surface area (Å²) in [6, 6.07) is 25.5. The van der Waals surface area contributed by atoms with Crippen molar-refractivity contribution in [3.63, 3.8) is 0 Å². The number of allylic oxidation sites excluding steroid dienone is 1. The second-order valence-corrected chi connectivity index (χ2v) is 9.87. The van der Waals surface area contributed by atoms with Gasteiger partial charge in [-0.2, -0.15) is 0 Å². The molecule has 0 radical (unpaired) electrons. The molecule has 0 aliphatic carbocycles. The van der Waals surface area contributed by atoms with E-state index in [1.165, 1.54) is 7.11 Å². The quantitative estimate of drug-likeness (QED) is 0.133. The molecule has 0 unspecified atom stereocenters. The van der Waals surface area contributed by atoms with Crippen LogP contribution in [0.1, 0.15) is 34.3 Å². The average molecular weight is 591 g/mol. The Morgan fingerprint density at radius 1 is 0.791 bits per heavy atom. The molecule has 1 fully saturated rings. The van der Waals surface area contributed by atoms with Crippen molar-refractivity contribution >= 4 is 11.9 Å². The van der Waals surface area contributed by atoms with Gasteiger partial charge in [0.15, 0.2) is 18.5 Å². The number of carbonyl (C=O) groups excluding carboxylic acids is 2. The van der Waals surface area contributed by atoms with Crippen LogP contribution in [-0.2, 0) is 46.4 Å².